The largest absolute Gasteiger partial charge is 0.446 e. The molecule has 3 atom stereocenters. The summed E-state index contributed by atoms with van der Waals surface area (Å²) in [6.45, 7) is 1.04. The molecule has 0 aliphatic carbocycles. The molecule has 34 heavy (non-hydrogen) atoms. The predicted octanol–water partition coefficient (Wildman–Crippen LogP) is 5.57. The molecule has 12 heteroatoms. The Balaban J connectivity index is 1.53. The maximum absolute atomic E-state index is 14.6. The van der Waals surface area contributed by atoms with E-state index in [4.69, 9.17) is 4.52 Å². The SMILES string of the molecule is CN1CC[C@@H](Nc2cccc3c(SC(F)(F)F)c(-c4cc([C@H]5CCC(=O)N5)on4)sc23)[C@@H](F)C1. The Bertz CT molecular complexity index is 1210. The number of alkyl halides is 4. The first-order valence-electron chi connectivity index (χ1n) is 10.8. The molecule has 0 radical (unpaired) electrons. The van der Waals surface area contributed by atoms with E-state index in [1.807, 2.05) is 11.9 Å². The molecule has 2 saturated heterocycles. The quantitative estimate of drug-likeness (QED) is 0.343. The van der Waals surface area contributed by atoms with Crippen LogP contribution in [-0.4, -0.2) is 53.8 Å². The van der Waals surface area contributed by atoms with Gasteiger partial charge >= 0.3 is 5.51 Å². The van der Waals surface area contributed by atoms with Crippen molar-refractivity contribution in [1.29, 1.82) is 0 Å². The second-order valence-corrected chi connectivity index (χ2v) is 10.7. The minimum atomic E-state index is -4.50. The Labute approximate surface area is 201 Å². The fraction of sp³-hybridized carbons (Fsp3) is 0.455. The molecule has 3 aromatic rings. The van der Waals surface area contributed by atoms with Crippen LogP contribution in [0.15, 0.2) is 33.7 Å². The molecule has 6 nitrogen and oxygen atoms in total. The van der Waals surface area contributed by atoms with E-state index in [2.05, 4.69) is 15.8 Å². The Hall–Kier alpha value is -2.31. The summed E-state index contributed by atoms with van der Waals surface area (Å²) in [5.41, 5.74) is -3.63. The number of nitrogens with zero attached hydrogens (tertiary/aromatic N) is 2. The van der Waals surface area contributed by atoms with E-state index >= 15 is 0 Å². The van der Waals surface area contributed by atoms with Crippen LogP contribution in [0, 0.1) is 0 Å². The van der Waals surface area contributed by atoms with E-state index in [0.29, 0.717) is 52.2 Å². The van der Waals surface area contributed by atoms with E-state index in [0.717, 1.165) is 6.54 Å². The van der Waals surface area contributed by atoms with E-state index in [9.17, 15) is 22.4 Å². The molecular weight excluding hydrogens is 492 g/mol. The van der Waals surface area contributed by atoms with E-state index in [-0.39, 0.29) is 34.3 Å². The molecule has 182 valence electrons. The van der Waals surface area contributed by atoms with Gasteiger partial charge in [0, 0.05) is 35.9 Å². The van der Waals surface area contributed by atoms with Gasteiger partial charge in [0.1, 0.15) is 11.9 Å². The first-order valence-corrected chi connectivity index (χ1v) is 12.5. The average molecular weight is 515 g/mol. The first kappa shape index (κ1) is 23.4. The summed E-state index contributed by atoms with van der Waals surface area (Å²) >= 11 is 0.971. The number of thiophene rings is 1. The lowest BCUT2D eigenvalue weighted by Crippen LogP contribution is -2.46. The Morgan fingerprint density at radius 2 is 2.15 bits per heavy atom. The summed E-state index contributed by atoms with van der Waals surface area (Å²) in [6, 6.07) is 5.89. The van der Waals surface area contributed by atoms with Crippen molar-refractivity contribution >= 4 is 44.8 Å². The van der Waals surface area contributed by atoms with Gasteiger partial charge in [0.2, 0.25) is 5.91 Å². The number of rotatable bonds is 5. The number of carbonyl (C=O) groups is 1. The van der Waals surface area contributed by atoms with Crippen LogP contribution in [0.3, 0.4) is 0 Å². The smallest absolute Gasteiger partial charge is 0.378 e. The van der Waals surface area contributed by atoms with Crippen LogP contribution in [0.5, 0.6) is 0 Å². The van der Waals surface area contributed by atoms with Gasteiger partial charge in [0.05, 0.1) is 27.3 Å². The number of benzene rings is 1. The molecule has 1 aromatic carbocycles. The van der Waals surface area contributed by atoms with Gasteiger partial charge in [0.15, 0.2) is 5.76 Å². The second-order valence-electron chi connectivity index (χ2n) is 8.58. The highest BCUT2D eigenvalue weighted by atomic mass is 32.2. The Kier molecular flexibility index (Phi) is 6.23. The lowest BCUT2D eigenvalue weighted by Gasteiger charge is -2.33. The predicted molar refractivity (Wildman–Crippen MR) is 124 cm³/mol. The maximum atomic E-state index is 14.6. The molecule has 1 amide bonds. The number of nitrogens with one attached hydrogen (secondary N) is 2. The van der Waals surface area contributed by atoms with Crippen LogP contribution in [0.2, 0.25) is 0 Å². The number of likely N-dealkylation sites (tertiary alicyclic amines) is 1. The fourth-order valence-electron chi connectivity index (χ4n) is 4.40. The number of hydrogen-bond acceptors (Lipinski definition) is 7. The molecule has 2 fully saturated rings. The van der Waals surface area contributed by atoms with E-state index in [1.165, 1.54) is 11.3 Å². The van der Waals surface area contributed by atoms with Gasteiger partial charge in [-0.15, -0.1) is 11.3 Å². The van der Waals surface area contributed by atoms with Crippen molar-refractivity contribution in [2.24, 2.45) is 0 Å². The fourth-order valence-corrected chi connectivity index (χ4v) is 6.55. The molecule has 5 rings (SSSR count). The van der Waals surface area contributed by atoms with E-state index in [1.54, 1.807) is 24.3 Å². The molecule has 2 aliphatic rings. The maximum Gasteiger partial charge on any atom is 0.446 e. The zero-order valence-corrected chi connectivity index (χ0v) is 19.7. The minimum Gasteiger partial charge on any atom is -0.378 e. The highest BCUT2D eigenvalue weighted by Crippen LogP contribution is 2.51. The number of aromatic nitrogens is 1. The third-order valence-electron chi connectivity index (χ3n) is 6.07. The van der Waals surface area contributed by atoms with Gasteiger partial charge < -0.3 is 20.1 Å². The number of hydrogen-bond donors (Lipinski definition) is 2. The molecule has 2 aliphatic heterocycles. The van der Waals surface area contributed by atoms with E-state index < -0.39 is 17.7 Å². The lowest BCUT2D eigenvalue weighted by molar-refractivity contribution is -0.119. The van der Waals surface area contributed by atoms with Crippen LogP contribution in [0.25, 0.3) is 20.7 Å². The van der Waals surface area contributed by atoms with Crippen molar-refractivity contribution in [2.75, 3.05) is 25.5 Å². The lowest BCUT2D eigenvalue weighted by atomic mass is 10.0. The molecule has 0 unspecified atom stereocenters. The van der Waals surface area contributed by atoms with Gasteiger partial charge in [-0.05, 0) is 37.7 Å². The number of fused-ring (bicyclic) bond motifs is 1. The highest BCUT2D eigenvalue weighted by molar-refractivity contribution is 8.00. The number of carbonyl (C=O) groups excluding carboxylic acids is 1. The third kappa shape index (κ3) is 4.76. The zero-order valence-electron chi connectivity index (χ0n) is 18.1. The van der Waals surface area contributed by atoms with Crippen LogP contribution in [0.4, 0.5) is 23.2 Å². The second kappa shape index (κ2) is 9.04. The summed E-state index contributed by atoms with van der Waals surface area (Å²) in [6.07, 6.45) is 0.410. The van der Waals surface area contributed by atoms with Crippen molar-refractivity contribution in [3.8, 4) is 10.6 Å². The van der Waals surface area contributed by atoms with Crippen molar-refractivity contribution in [3.05, 3.63) is 30.0 Å². The highest BCUT2D eigenvalue weighted by Gasteiger charge is 2.35. The standard InChI is InChI=1S/C22H22F4N4O2S2/c1-30-8-7-13(12(23)10-30)27-15-4-2-3-11-19(15)33-21(20(11)34-22(24,25)26)16-9-17(32-29-16)14-5-6-18(31)28-14/h2-4,9,12-14,27H,5-8,10H2,1H3,(H,28,31)/t12-,13+,14+/m0/s1. The first-order chi connectivity index (χ1) is 16.2. The van der Waals surface area contributed by atoms with Crippen molar-refractivity contribution in [3.63, 3.8) is 0 Å². The van der Waals surface area contributed by atoms with Crippen LogP contribution >= 0.6 is 23.1 Å². The summed E-state index contributed by atoms with van der Waals surface area (Å²) in [4.78, 5) is 13.8. The van der Waals surface area contributed by atoms with Gasteiger partial charge in [-0.3, -0.25) is 4.79 Å². The van der Waals surface area contributed by atoms with Crippen molar-refractivity contribution in [2.45, 2.75) is 47.9 Å². The number of piperidine rings is 1. The summed E-state index contributed by atoms with van der Waals surface area (Å²) in [5, 5.41) is 10.5. The van der Waals surface area contributed by atoms with Crippen LogP contribution in [0.1, 0.15) is 31.1 Å². The summed E-state index contributed by atoms with van der Waals surface area (Å²) in [5.74, 6) is 0.306. The average Bonchev–Trinajstić information content (AvgIpc) is 3.48. The molecule has 0 spiro atoms. The molecule has 4 heterocycles. The molecular formula is C22H22F4N4O2S2. The summed E-state index contributed by atoms with van der Waals surface area (Å²) < 4.78 is 61.1. The van der Waals surface area contributed by atoms with Crippen LogP contribution < -0.4 is 10.6 Å². The zero-order chi connectivity index (χ0) is 24.0. The number of anilines is 1. The monoisotopic (exact) mass is 514 g/mol. The molecule has 0 bridgehead atoms. The molecule has 2 aromatic heterocycles. The molecule has 0 saturated carbocycles. The minimum absolute atomic E-state index is 0.0339. The number of thioether (sulfide) groups is 1. The van der Waals surface area contributed by atoms with Gasteiger partial charge in [0.25, 0.3) is 0 Å². The van der Waals surface area contributed by atoms with Crippen molar-refractivity contribution in [1.82, 2.24) is 15.4 Å². The normalized spacial score (nSPS) is 24.0. The van der Waals surface area contributed by atoms with Crippen molar-refractivity contribution < 1.29 is 26.9 Å². The van der Waals surface area contributed by atoms with Crippen LogP contribution in [-0.2, 0) is 4.79 Å². The number of halogens is 4. The van der Waals surface area contributed by atoms with Gasteiger partial charge in [-0.2, -0.15) is 13.2 Å². The van der Waals surface area contributed by atoms with Gasteiger partial charge in [-0.1, -0.05) is 17.3 Å². The van der Waals surface area contributed by atoms with Gasteiger partial charge in [-0.25, -0.2) is 4.39 Å². The topological polar surface area (TPSA) is 70.4 Å². The Morgan fingerprint density at radius 3 is 2.85 bits per heavy atom. The molecule has 2 N–H and O–H groups in total. The Morgan fingerprint density at radius 1 is 1.32 bits per heavy atom. The summed E-state index contributed by atoms with van der Waals surface area (Å²) in [7, 11) is 1.86. The third-order valence-corrected chi connectivity index (χ3v) is 8.32. The number of amides is 1.